The molecule has 2 saturated heterocycles. The number of phenols is 1. The third kappa shape index (κ3) is 5.65. The first-order chi connectivity index (χ1) is 26.7. The minimum Gasteiger partial charge on any atom is -0.508 e. The molecule has 1 aromatic heterocycles. The monoisotopic (exact) mass is 804 g/mol. The van der Waals surface area contributed by atoms with Gasteiger partial charge in [0.1, 0.15) is 11.5 Å². The number of hydrazine groups is 1. The zero-order valence-corrected chi connectivity index (χ0v) is 31.3. The maximum atomic E-state index is 15.3. The number of aromatic nitrogens is 1. The van der Waals surface area contributed by atoms with E-state index in [0.29, 0.717) is 44.9 Å². The first-order valence-corrected chi connectivity index (χ1v) is 18.6. The van der Waals surface area contributed by atoms with E-state index in [2.05, 4.69) is 10.4 Å². The molecule has 0 spiro atoms. The van der Waals surface area contributed by atoms with Gasteiger partial charge in [-0.1, -0.05) is 72.1 Å². The van der Waals surface area contributed by atoms with Gasteiger partial charge in [-0.3, -0.25) is 29.5 Å². The zero-order valence-electron chi connectivity index (χ0n) is 29.8. The number of rotatable bonds is 7. The van der Waals surface area contributed by atoms with Gasteiger partial charge in [-0.2, -0.15) is 18.2 Å². The second-order valence-corrected chi connectivity index (χ2v) is 15.2. The number of halogens is 5. The average Bonchev–Trinajstić information content (AvgIpc) is 3.56. The number of carbonyl (C=O) groups is 4. The highest BCUT2D eigenvalue weighted by Gasteiger charge is 2.70. The Balaban J connectivity index is 1.31. The van der Waals surface area contributed by atoms with Crippen LogP contribution in [0.5, 0.6) is 11.5 Å². The van der Waals surface area contributed by atoms with Crippen molar-refractivity contribution in [1.82, 2.24) is 9.99 Å². The number of benzene rings is 3. The molecule has 1 saturated carbocycles. The summed E-state index contributed by atoms with van der Waals surface area (Å²) in [6.45, 7) is 1.99. The second kappa shape index (κ2) is 13.7. The molecule has 3 aromatic carbocycles. The lowest BCUT2D eigenvalue weighted by Crippen LogP contribution is -2.53. The van der Waals surface area contributed by atoms with E-state index in [4.69, 9.17) is 27.9 Å². The van der Waals surface area contributed by atoms with Crippen molar-refractivity contribution in [3.63, 3.8) is 0 Å². The number of aromatic hydroxyl groups is 1. The van der Waals surface area contributed by atoms with Crippen molar-refractivity contribution in [2.75, 3.05) is 17.4 Å². The van der Waals surface area contributed by atoms with Crippen LogP contribution in [0.3, 0.4) is 0 Å². The number of hydrogen-bond donors (Lipinski definition) is 2. The maximum absolute atomic E-state index is 15.3. The summed E-state index contributed by atoms with van der Waals surface area (Å²) >= 11 is 12.6. The van der Waals surface area contributed by atoms with Crippen molar-refractivity contribution >= 4 is 58.3 Å². The molecule has 2 aliphatic carbocycles. The van der Waals surface area contributed by atoms with E-state index in [9.17, 15) is 32.7 Å². The minimum absolute atomic E-state index is 0.0679. The van der Waals surface area contributed by atoms with Crippen LogP contribution in [0.15, 0.2) is 90.6 Å². The molecular weight excluding hydrogens is 772 g/mol. The largest absolute Gasteiger partial charge is 0.508 e. The summed E-state index contributed by atoms with van der Waals surface area (Å²) in [4.78, 5) is 63.8. The van der Waals surface area contributed by atoms with Crippen molar-refractivity contribution in [1.29, 1.82) is 0 Å². The Kier molecular flexibility index (Phi) is 9.15. The van der Waals surface area contributed by atoms with Crippen molar-refractivity contribution in [2.45, 2.75) is 43.7 Å². The summed E-state index contributed by atoms with van der Waals surface area (Å²) < 4.78 is 45.8. The number of fused-ring (bicyclic) bond motifs is 4. The predicted molar refractivity (Wildman–Crippen MR) is 200 cm³/mol. The zero-order chi connectivity index (χ0) is 39.8. The Morgan fingerprint density at radius 3 is 2.29 bits per heavy atom. The molecule has 2 N–H and O–H groups in total. The molecule has 15 heteroatoms. The Morgan fingerprint density at radius 1 is 0.946 bits per heavy atom. The number of amides is 4. The summed E-state index contributed by atoms with van der Waals surface area (Å²) in [6.07, 6.45) is -1.55. The normalized spacial score (nSPS) is 25.8. The minimum atomic E-state index is -4.76. The fourth-order valence-electron chi connectivity index (χ4n) is 9.16. The van der Waals surface area contributed by atoms with Gasteiger partial charge in [0.25, 0.3) is 11.8 Å². The number of alkyl halides is 3. The van der Waals surface area contributed by atoms with E-state index in [-0.39, 0.29) is 35.9 Å². The SMILES string of the molecule is CCc1ccc(N2C(=O)[C@H]3[C@H](CC=C4[C@H]3C[C@H]3C(=O)N(Nc5ncc(C(F)(F)F)cc5Cl)C(=O)[C@@]3(c3ccc(Cl)cc3)[C@H]4c3ccc(OC)cc3O)C2=O)cc1. The van der Waals surface area contributed by atoms with Crippen LogP contribution in [-0.4, -0.2) is 45.8 Å². The van der Waals surface area contributed by atoms with Crippen molar-refractivity contribution in [3.8, 4) is 11.5 Å². The number of hydrogen-bond acceptors (Lipinski definition) is 8. The summed E-state index contributed by atoms with van der Waals surface area (Å²) in [6, 6.07) is 18.7. The Bertz CT molecular complexity index is 2340. The van der Waals surface area contributed by atoms with E-state index in [1.54, 1.807) is 48.5 Å². The quantitative estimate of drug-likeness (QED) is 0.143. The van der Waals surface area contributed by atoms with Gasteiger partial charge in [0, 0.05) is 28.8 Å². The molecule has 4 aliphatic rings. The van der Waals surface area contributed by atoms with Crippen LogP contribution in [-0.2, 0) is 37.2 Å². The molecule has 8 rings (SSSR count). The van der Waals surface area contributed by atoms with Crippen LogP contribution in [0, 0.1) is 23.7 Å². The van der Waals surface area contributed by atoms with E-state index in [1.807, 2.05) is 25.1 Å². The number of nitrogens with one attached hydrogen (secondary N) is 1. The number of nitrogens with zero attached hydrogens (tertiary/aromatic N) is 3. The molecule has 6 atom stereocenters. The first kappa shape index (κ1) is 37.5. The van der Waals surface area contributed by atoms with Crippen LogP contribution in [0.2, 0.25) is 10.0 Å². The van der Waals surface area contributed by atoms with Gasteiger partial charge < -0.3 is 9.84 Å². The number of imide groups is 2. The van der Waals surface area contributed by atoms with E-state index in [0.717, 1.165) is 12.0 Å². The van der Waals surface area contributed by atoms with Crippen molar-refractivity contribution in [2.24, 2.45) is 23.7 Å². The summed E-state index contributed by atoms with van der Waals surface area (Å²) in [7, 11) is 1.42. The lowest BCUT2D eigenvalue weighted by Gasteiger charge is -2.50. The number of methoxy groups -OCH3 is 1. The second-order valence-electron chi connectivity index (χ2n) is 14.4. The number of pyridine rings is 1. The molecular formula is C41H33Cl2F3N4O6. The van der Waals surface area contributed by atoms with Crippen LogP contribution in [0.4, 0.5) is 24.7 Å². The maximum Gasteiger partial charge on any atom is 0.417 e. The molecule has 56 heavy (non-hydrogen) atoms. The molecule has 0 bridgehead atoms. The van der Waals surface area contributed by atoms with E-state index in [1.165, 1.54) is 18.1 Å². The van der Waals surface area contributed by atoms with Crippen molar-refractivity contribution < 1.29 is 42.2 Å². The van der Waals surface area contributed by atoms with Crippen LogP contribution >= 0.6 is 23.2 Å². The molecule has 4 amide bonds. The molecule has 4 aromatic rings. The first-order valence-electron chi connectivity index (χ1n) is 17.9. The number of carbonyl (C=O) groups excluding carboxylic acids is 4. The Labute approximate surface area is 328 Å². The molecule has 0 unspecified atom stereocenters. The number of aryl methyl sites for hydroxylation is 1. The highest BCUT2D eigenvalue weighted by Crippen LogP contribution is 2.65. The molecule has 0 radical (unpaired) electrons. The summed E-state index contributed by atoms with van der Waals surface area (Å²) in [5.74, 6) is -7.45. The van der Waals surface area contributed by atoms with E-state index < -0.39 is 69.5 Å². The van der Waals surface area contributed by atoms with Gasteiger partial charge in [0.2, 0.25) is 11.8 Å². The lowest BCUT2D eigenvalue weighted by molar-refractivity contribution is -0.139. The lowest BCUT2D eigenvalue weighted by atomic mass is 9.49. The highest BCUT2D eigenvalue weighted by molar-refractivity contribution is 6.33. The predicted octanol–water partition coefficient (Wildman–Crippen LogP) is 7.87. The number of allylic oxidation sites excluding steroid dienone is 2. The molecule has 3 fully saturated rings. The van der Waals surface area contributed by atoms with Crippen molar-refractivity contribution in [3.05, 3.63) is 123 Å². The molecule has 10 nitrogen and oxygen atoms in total. The smallest absolute Gasteiger partial charge is 0.417 e. The van der Waals surface area contributed by atoms with E-state index >= 15 is 4.79 Å². The Hall–Kier alpha value is -5.40. The fraction of sp³-hybridized carbons (Fsp3) is 0.293. The highest BCUT2D eigenvalue weighted by atomic mass is 35.5. The third-order valence-electron chi connectivity index (χ3n) is 11.7. The summed E-state index contributed by atoms with van der Waals surface area (Å²) in [5, 5.41) is 12.2. The number of anilines is 2. The van der Waals surface area contributed by atoms with Crippen LogP contribution < -0.4 is 15.1 Å². The van der Waals surface area contributed by atoms with Gasteiger partial charge in [0.15, 0.2) is 5.82 Å². The van der Waals surface area contributed by atoms with Crippen LogP contribution in [0.25, 0.3) is 0 Å². The molecule has 2 aliphatic heterocycles. The number of phenolic OH excluding ortho intramolecular Hbond substituents is 1. The van der Waals surface area contributed by atoms with Gasteiger partial charge in [-0.25, -0.2) is 4.98 Å². The average molecular weight is 806 g/mol. The summed E-state index contributed by atoms with van der Waals surface area (Å²) in [5.41, 5.74) is 2.29. The topological polar surface area (TPSA) is 129 Å². The Morgan fingerprint density at radius 2 is 1.66 bits per heavy atom. The third-order valence-corrected chi connectivity index (χ3v) is 12.2. The number of ether oxygens (including phenoxy) is 1. The molecule has 288 valence electrons. The van der Waals surface area contributed by atoms with Gasteiger partial charge in [-0.15, -0.1) is 0 Å². The standard InChI is InChI=1S/C41H33Cl2F3N4O6/c1-3-20-4-10-24(11-5-20)49-36(52)28-15-14-26-29(33(28)38(49)54)18-30-37(53)50(48-35-31(43)16-22(19-47-35)41(44,45)46)39(55)40(30,21-6-8-23(42)9-7-21)34(26)27-13-12-25(56-2)17-32(27)51/h4-14,16-17,19,28-30,33-34,51H,3,15,18H2,1-2H3,(H,47,48)/t28-,29+,30-,33-,34+,40+/m0/s1. The van der Waals surface area contributed by atoms with Crippen LogP contribution in [0.1, 0.15) is 47.9 Å². The molecule has 3 heterocycles. The van der Waals surface area contributed by atoms with Gasteiger partial charge in [0.05, 0.1) is 46.6 Å². The van der Waals surface area contributed by atoms with Gasteiger partial charge in [-0.05, 0) is 72.7 Å². The fourth-order valence-corrected chi connectivity index (χ4v) is 9.49. The van der Waals surface area contributed by atoms with Gasteiger partial charge >= 0.3 is 6.18 Å².